The second kappa shape index (κ2) is 5.31. The highest BCUT2D eigenvalue weighted by atomic mass is 35.5. The summed E-state index contributed by atoms with van der Waals surface area (Å²) in [5.41, 5.74) is 2.34. The van der Waals surface area contributed by atoms with Crippen LogP contribution in [0.25, 0.3) is 11.3 Å². The van der Waals surface area contributed by atoms with E-state index in [1.54, 1.807) is 12.1 Å². The minimum Gasteiger partial charge on any atom is -0.354 e. The van der Waals surface area contributed by atoms with Gasteiger partial charge in [-0.05, 0) is 38.1 Å². The third-order valence-electron chi connectivity index (χ3n) is 2.40. The van der Waals surface area contributed by atoms with Gasteiger partial charge in [-0.1, -0.05) is 11.6 Å². The van der Waals surface area contributed by atoms with Gasteiger partial charge in [-0.15, -0.1) is 0 Å². The van der Waals surface area contributed by atoms with E-state index in [1.807, 2.05) is 19.9 Å². The van der Waals surface area contributed by atoms with Crippen LogP contribution in [0.5, 0.6) is 0 Å². The molecule has 5 heteroatoms. The topological polar surface area (TPSA) is 37.8 Å². The van der Waals surface area contributed by atoms with Crippen LogP contribution in [-0.4, -0.2) is 16.5 Å². The van der Waals surface area contributed by atoms with Gasteiger partial charge in [0.2, 0.25) is 5.95 Å². The molecule has 0 aliphatic heterocycles. The number of rotatable bonds is 3. The van der Waals surface area contributed by atoms with Crippen molar-refractivity contribution in [3.05, 3.63) is 40.8 Å². The number of hydrogen-bond acceptors (Lipinski definition) is 3. The summed E-state index contributed by atoms with van der Waals surface area (Å²) in [7, 11) is 0. The van der Waals surface area contributed by atoms with Gasteiger partial charge in [0.15, 0.2) is 0 Å². The lowest BCUT2D eigenvalue weighted by Crippen LogP contribution is -2.03. The van der Waals surface area contributed by atoms with E-state index >= 15 is 0 Å². The molecule has 1 N–H and O–H groups in total. The van der Waals surface area contributed by atoms with Gasteiger partial charge in [0.05, 0.1) is 10.7 Å². The normalized spacial score (nSPS) is 10.4. The van der Waals surface area contributed by atoms with Gasteiger partial charge in [0, 0.05) is 17.8 Å². The van der Waals surface area contributed by atoms with Crippen molar-refractivity contribution in [3.63, 3.8) is 0 Å². The van der Waals surface area contributed by atoms with Crippen LogP contribution in [0.15, 0.2) is 24.3 Å². The lowest BCUT2D eigenvalue weighted by Gasteiger charge is -2.07. The molecule has 2 rings (SSSR count). The number of hydrogen-bond donors (Lipinski definition) is 1. The van der Waals surface area contributed by atoms with Crippen molar-refractivity contribution >= 4 is 17.5 Å². The molecule has 2 aromatic rings. The molecule has 0 amide bonds. The van der Waals surface area contributed by atoms with Gasteiger partial charge in [0.1, 0.15) is 5.82 Å². The number of halogens is 2. The van der Waals surface area contributed by atoms with E-state index in [2.05, 4.69) is 15.3 Å². The van der Waals surface area contributed by atoms with Crippen LogP contribution in [0.1, 0.15) is 12.6 Å². The highest BCUT2D eigenvalue weighted by Crippen LogP contribution is 2.24. The molecule has 18 heavy (non-hydrogen) atoms. The molecule has 0 radical (unpaired) electrons. The maximum absolute atomic E-state index is 13.1. The first-order chi connectivity index (χ1) is 8.60. The third kappa shape index (κ3) is 2.76. The second-order valence-electron chi connectivity index (χ2n) is 3.88. The maximum atomic E-state index is 13.1. The van der Waals surface area contributed by atoms with Crippen LogP contribution in [0.4, 0.5) is 10.3 Å². The first kappa shape index (κ1) is 12.8. The van der Waals surface area contributed by atoms with Gasteiger partial charge in [-0.2, -0.15) is 0 Å². The third-order valence-corrected chi connectivity index (χ3v) is 2.69. The van der Waals surface area contributed by atoms with Crippen LogP contribution in [0.2, 0.25) is 5.02 Å². The lowest BCUT2D eigenvalue weighted by molar-refractivity contribution is 0.628. The average molecular weight is 266 g/mol. The van der Waals surface area contributed by atoms with E-state index in [-0.39, 0.29) is 5.02 Å². The van der Waals surface area contributed by atoms with E-state index in [0.29, 0.717) is 5.95 Å². The molecule has 3 nitrogen and oxygen atoms in total. The summed E-state index contributed by atoms with van der Waals surface area (Å²) >= 11 is 5.77. The highest BCUT2D eigenvalue weighted by molar-refractivity contribution is 6.31. The van der Waals surface area contributed by atoms with Gasteiger partial charge in [-0.3, -0.25) is 0 Å². The molecule has 1 aromatic carbocycles. The second-order valence-corrected chi connectivity index (χ2v) is 4.28. The van der Waals surface area contributed by atoms with E-state index < -0.39 is 5.82 Å². The Balaban J connectivity index is 2.46. The van der Waals surface area contributed by atoms with Crippen LogP contribution < -0.4 is 5.32 Å². The summed E-state index contributed by atoms with van der Waals surface area (Å²) in [5.74, 6) is 0.131. The van der Waals surface area contributed by atoms with Gasteiger partial charge < -0.3 is 5.32 Å². The van der Waals surface area contributed by atoms with Crippen molar-refractivity contribution in [1.82, 2.24) is 9.97 Å². The molecular formula is C13H13ClFN3. The van der Waals surface area contributed by atoms with E-state index in [1.165, 1.54) is 6.07 Å². The zero-order valence-corrected chi connectivity index (χ0v) is 10.9. The van der Waals surface area contributed by atoms with E-state index in [4.69, 9.17) is 11.6 Å². The fraction of sp³-hybridized carbons (Fsp3) is 0.231. The molecule has 1 aromatic heterocycles. The van der Waals surface area contributed by atoms with Crippen LogP contribution in [0.3, 0.4) is 0 Å². The predicted octanol–water partition coefficient (Wildman–Crippen LogP) is 3.68. The van der Waals surface area contributed by atoms with Crippen molar-refractivity contribution in [2.24, 2.45) is 0 Å². The van der Waals surface area contributed by atoms with Crippen molar-refractivity contribution in [3.8, 4) is 11.3 Å². The molecule has 0 aliphatic rings. The fourth-order valence-electron chi connectivity index (χ4n) is 1.61. The number of nitrogens with one attached hydrogen (secondary N) is 1. The summed E-state index contributed by atoms with van der Waals surface area (Å²) in [6, 6.07) is 6.39. The Morgan fingerprint density at radius 1 is 1.28 bits per heavy atom. The lowest BCUT2D eigenvalue weighted by atomic mass is 10.1. The Morgan fingerprint density at radius 2 is 2.06 bits per heavy atom. The van der Waals surface area contributed by atoms with Crippen molar-refractivity contribution in [1.29, 1.82) is 0 Å². The Kier molecular flexibility index (Phi) is 3.77. The molecular weight excluding hydrogens is 253 g/mol. The van der Waals surface area contributed by atoms with Crippen molar-refractivity contribution < 1.29 is 4.39 Å². The smallest absolute Gasteiger partial charge is 0.223 e. The Hall–Kier alpha value is -1.68. The fourth-order valence-corrected chi connectivity index (χ4v) is 1.79. The Bertz CT molecular complexity index is 572. The molecule has 0 saturated carbocycles. The first-order valence-electron chi connectivity index (χ1n) is 5.65. The monoisotopic (exact) mass is 265 g/mol. The summed E-state index contributed by atoms with van der Waals surface area (Å²) in [5, 5.41) is 3.15. The summed E-state index contributed by atoms with van der Waals surface area (Å²) in [6.07, 6.45) is 0. The standard InChI is InChI=1S/C13H13ClFN3/c1-3-16-13-17-8(2)6-12(18-13)9-4-5-11(15)10(14)7-9/h4-7H,3H2,1-2H3,(H,16,17,18). The minimum atomic E-state index is -0.432. The number of nitrogens with zero attached hydrogens (tertiary/aromatic N) is 2. The minimum absolute atomic E-state index is 0.0915. The van der Waals surface area contributed by atoms with Crippen LogP contribution in [0, 0.1) is 12.7 Å². The summed E-state index contributed by atoms with van der Waals surface area (Å²) in [6.45, 7) is 4.60. The van der Waals surface area contributed by atoms with E-state index in [9.17, 15) is 4.39 Å². The molecule has 94 valence electrons. The van der Waals surface area contributed by atoms with Gasteiger partial charge >= 0.3 is 0 Å². The first-order valence-corrected chi connectivity index (χ1v) is 6.03. The SMILES string of the molecule is CCNc1nc(C)cc(-c2ccc(F)c(Cl)c2)n1. The quantitative estimate of drug-likeness (QED) is 0.920. The zero-order valence-electron chi connectivity index (χ0n) is 10.2. The molecule has 0 aliphatic carbocycles. The predicted molar refractivity (Wildman–Crippen MR) is 71.3 cm³/mol. The van der Waals surface area contributed by atoms with E-state index in [0.717, 1.165) is 23.5 Å². The van der Waals surface area contributed by atoms with Crippen LogP contribution >= 0.6 is 11.6 Å². The zero-order chi connectivity index (χ0) is 13.1. The van der Waals surface area contributed by atoms with Gasteiger partial charge in [0.25, 0.3) is 0 Å². The number of benzene rings is 1. The molecule has 0 atom stereocenters. The average Bonchev–Trinajstić information content (AvgIpc) is 2.32. The van der Waals surface area contributed by atoms with Crippen LogP contribution in [-0.2, 0) is 0 Å². The number of aryl methyl sites for hydroxylation is 1. The molecule has 0 saturated heterocycles. The number of anilines is 1. The number of aromatic nitrogens is 2. The van der Waals surface area contributed by atoms with Gasteiger partial charge in [-0.25, -0.2) is 14.4 Å². The van der Waals surface area contributed by atoms with Crippen molar-refractivity contribution in [2.75, 3.05) is 11.9 Å². The molecule has 0 fully saturated rings. The van der Waals surface area contributed by atoms with Crippen molar-refractivity contribution in [2.45, 2.75) is 13.8 Å². The molecule has 0 bridgehead atoms. The highest BCUT2D eigenvalue weighted by Gasteiger charge is 2.07. The summed E-state index contributed by atoms with van der Waals surface area (Å²) < 4.78 is 13.1. The molecule has 0 unspecified atom stereocenters. The molecule has 0 spiro atoms. The summed E-state index contributed by atoms with van der Waals surface area (Å²) in [4.78, 5) is 8.62. The largest absolute Gasteiger partial charge is 0.354 e. The Labute approximate surface area is 110 Å². The molecule has 1 heterocycles. The maximum Gasteiger partial charge on any atom is 0.223 e. The Morgan fingerprint density at radius 3 is 2.72 bits per heavy atom.